The third kappa shape index (κ3) is 4.52. The normalized spacial score (nSPS) is 14.6. The number of rotatable bonds is 7. The lowest BCUT2D eigenvalue weighted by molar-refractivity contribution is -0.144. The number of nitrogens with one attached hydrogen (secondary N) is 1. The van der Waals surface area contributed by atoms with Crippen LogP contribution in [0.1, 0.15) is 37.3 Å². The molecule has 0 fully saturated rings. The van der Waals surface area contributed by atoms with Crippen LogP contribution in [0.3, 0.4) is 0 Å². The Kier molecular flexibility index (Phi) is 6.26. The molecule has 1 amide bonds. The Bertz CT molecular complexity index is 1040. The van der Waals surface area contributed by atoms with Crippen LogP contribution in [0.15, 0.2) is 84.9 Å². The summed E-state index contributed by atoms with van der Waals surface area (Å²) < 4.78 is 5.69. The molecule has 0 saturated heterocycles. The van der Waals surface area contributed by atoms with E-state index in [0.29, 0.717) is 13.0 Å². The average molecular weight is 429 g/mol. The summed E-state index contributed by atoms with van der Waals surface area (Å²) in [5, 5.41) is 3.30. The van der Waals surface area contributed by atoms with Crippen molar-refractivity contribution >= 4 is 23.3 Å². The maximum atomic E-state index is 13.0. The lowest BCUT2D eigenvalue weighted by Gasteiger charge is -2.40. The molecule has 0 aliphatic carbocycles. The molecule has 32 heavy (non-hydrogen) atoms. The van der Waals surface area contributed by atoms with Gasteiger partial charge in [0.25, 0.3) is 5.91 Å². The van der Waals surface area contributed by atoms with Crippen molar-refractivity contribution in [2.75, 3.05) is 23.4 Å². The van der Waals surface area contributed by atoms with Gasteiger partial charge in [0.05, 0.1) is 18.0 Å². The van der Waals surface area contributed by atoms with Crippen LogP contribution >= 0.6 is 0 Å². The van der Waals surface area contributed by atoms with E-state index >= 15 is 0 Å². The Morgan fingerprint density at radius 1 is 0.906 bits per heavy atom. The molecule has 0 aromatic heterocycles. The molecule has 0 unspecified atom stereocenters. The first-order valence-electron chi connectivity index (χ1n) is 10.9. The number of para-hydroxylation sites is 2. The number of hydrogen-bond acceptors (Lipinski definition) is 4. The molecule has 164 valence electrons. The zero-order chi connectivity index (χ0) is 22.6. The second-order valence-electron chi connectivity index (χ2n) is 8.50. The molecule has 5 heteroatoms. The molecule has 3 aromatic carbocycles. The van der Waals surface area contributed by atoms with Crippen molar-refractivity contribution in [3.63, 3.8) is 0 Å². The Labute approximate surface area is 189 Å². The summed E-state index contributed by atoms with van der Waals surface area (Å²) in [5.74, 6) is -0.749. The smallest absolute Gasteiger partial charge is 0.317 e. The summed E-state index contributed by atoms with van der Waals surface area (Å²) in [7, 11) is 0. The van der Waals surface area contributed by atoms with E-state index in [9.17, 15) is 9.59 Å². The highest BCUT2D eigenvalue weighted by atomic mass is 16.5. The number of anilines is 2. The molecule has 0 bridgehead atoms. The van der Waals surface area contributed by atoms with Crippen molar-refractivity contribution in [1.29, 1.82) is 0 Å². The molecule has 1 heterocycles. The molecule has 1 N–H and O–H groups in total. The van der Waals surface area contributed by atoms with Gasteiger partial charge in [-0.05, 0) is 43.5 Å². The highest BCUT2D eigenvalue weighted by Gasteiger charge is 2.38. The van der Waals surface area contributed by atoms with Gasteiger partial charge in [-0.25, -0.2) is 0 Å². The van der Waals surface area contributed by atoms with Crippen molar-refractivity contribution in [2.24, 2.45) is 0 Å². The van der Waals surface area contributed by atoms with E-state index in [1.807, 2.05) is 98.8 Å². The first-order valence-corrected chi connectivity index (χ1v) is 10.9. The Morgan fingerprint density at radius 2 is 1.47 bits per heavy atom. The SMILES string of the molecule is CC1(C)Nc2ccccc2N(CCCOC(=O)C(c2ccccc2)c2ccccc2)C1=O. The molecule has 4 rings (SSSR count). The van der Waals surface area contributed by atoms with Crippen LogP contribution in [0.25, 0.3) is 0 Å². The van der Waals surface area contributed by atoms with E-state index in [-0.39, 0.29) is 18.5 Å². The quantitative estimate of drug-likeness (QED) is 0.426. The van der Waals surface area contributed by atoms with Crippen LogP contribution < -0.4 is 10.2 Å². The van der Waals surface area contributed by atoms with Gasteiger partial charge in [-0.2, -0.15) is 0 Å². The van der Waals surface area contributed by atoms with Gasteiger partial charge in [0.1, 0.15) is 11.5 Å². The molecule has 5 nitrogen and oxygen atoms in total. The summed E-state index contributed by atoms with van der Waals surface area (Å²) in [4.78, 5) is 27.8. The van der Waals surface area contributed by atoms with Gasteiger partial charge in [0.2, 0.25) is 0 Å². The van der Waals surface area contributed by atoms with Gasteiger partial charge < -0.3 is 15.0 Å². The highest BCUT2D eigenvalue weighted by Crippen LogP contribution is 2.35. The molecular formula is C27H28N2O3. The zero-order valence-corrected chi connectivity index (χ0v) is 18.5. The largest absolute Gasteiger partial charge is 0.465 e. The molecule has 0 atom stereocenters. The number of amides is 1. The maximum absolute atomic E-state index is 13.0. The van der Waals surface area contributed by atoms with Crippen LogP contribution in [0.4, 0.5) is 11.4 Å². The second-order valence-corrected chi connectivity index (χ2v) is 8.50. The molecule has 0 radical (unpaired) electrons. The molecule has 0 saturated carbocycles. The summed E-state index contributed by atoms with van der Waals surface area (Å²) >= 11 is 0. The lowest BCUT2D eigenvalue weighted by Crippen LogP contribution is -2.54. The first kappa shape index (κ1) is 21.6. The van der Waals surface area contributed by atoms with Crippen molar-refractivity contribution in [1.82, 2.24) is 0 Å². The number of esters is 1. The maximum Gasteiger partial charge on any atom is 0.317 e. The first-order chi connectivity index (χ1) is 15.5. The van der Waals surface area contributed by atoms with Gasteiger partial charge in [0, 0.05) is 6.54 Å². The molecule has 1 aliphatic rings. The van der Waals surface area contributed by atoms with Crippen LogP contribution in [-0.2, 0) is 14.3 Å². The predicted octanol–water partition coefficient (Wildman–Crippen LogP) is 4.99. The molecule has 3 aromatic rings. The molecule has 0 spiro atoms. The summed E-state index contributed by atoms with van der Waals surface area (Å²) in [6.45, 7) is 4.48. The monoisotopic (exact) mass is 428 g/mol. The molecule has 1 aliphatic heterocycles. The van der Waals surface area contributed by atoms with Crippen molar-refractivity contribution in [3.05, 3.63) is 96.1 Å². The Hall–Kier alpha value is -3.60. The summed E-state index contributed by atoms with van der Waals surface area (Å²) in [5.41, 5.74) is 2.90. The van der Waals surface area contributed by atoms with E-state index in [2.05, 4.69) is 5.32 Å². The summed E-state index contributed by atoms with van der Waals surface area (Å²) in [6, 6.07) is 27.1. The third-order valence-electron chi connectivity index (χ3n) is 5.69. The zero-order valence-electron chi connectivity index (χ0n) is 18.5. The number of carbonyl (C=O) groups excluding carboxylic acids is 2. The van der Waals surface area contributed by atoms with E-state index in [4.69, 9.17) is 4.74 Å². The van der Waals surface area contributed by atoms with Crippen molar-refractivity contribution < 1.29 is 14.3 Å². The predicted molar refractivity (Wildman–Crippen MR) is 127 cm³/mol. The van der Waals surface area contributed by atoms with Gasteiger partial charge in [-0.3, -0.25) is 9.59 Å². The number of benzene rings is 3. The van der Waals surface area contributed by atoms with Gasteiger partial charge >= 0.3 is 5.97 Å². The third-order valence-corrected chi connectivity index (χ3v) is 5.69. The fraction of sp³-hybridized carbons (Fsp3) is 0.259. The minimum atomic E-state index is -0.684. The fourth-order valence-electron chi connectivity index (χ4n) is 4.11. The van der Waals surface area contributed by atoms with Crippen molar-refractivity contribution in [2.45, 2.75) is 31.7 Å². The average Bonchev–Trinajstić information content (AvgIpc) is 2.80. The van der Waals surface area contributed by atoms with E-state index < -0.39 is 11.5 Å². The topological polar surface area (TPSA) is 58.6 Å². The second kappa shape index (κ2) is 9.27. The highest BCUT2D eigenvalue weighted by molar-refractivity contribution is 6.07. The van der Waals surface area contributed by atoms with Crippen LogP contribution in [0, 0.1) is 0 Å². The Balaban J connectivity index is 1.43. The van der Waals surface area contributed by atoms with Crippen LogP contribution in [0.2, 0.25) is 0 Å². The minimum Gasteiger partial charge on any atom is -0.465 e. The van der Waals surface area contributed by atoms with E-state index in [1.54, 1.807) is 4.90 Å². The van der Waals surface area contributed by atoms with E-state index in [0.717, 1.165) is 22.5 Å². The number of nitrogens with zero attached hydrogens (tertiary/aromatic N) is 1. The van der Waals surface area contributed by atoms with Gasteiger partial charge in [-0.15, -0.1) is 0 Å². The molecular weight excluding hydrogens is 400 g/mol. The number of ether oxygens (including phenoxy) is 1. The van der Waals surface area contributed by atoms with Gasteiger partial charge in [0.15, 0.2) is 0 Å². The lowest BCUT2D eigenvalue weighted by atomic mass is 9.91. The number of hydrogen-bond donors (Lipinski definition) is 1. The van der Waals surface area contributed by atoms with Crippen molar-refractivity contribution in [3.8, 4) is 0 Å². The minimum absolute atomic E-state index is 0.00831. The van der Waals surface area contributed by atoms with Gasteiger partial charge in [-0.1, -0.05) is 72.8 Å². The Morgan fingerprint density at radius 3 is 2.09 bits per heavy atom. The summed E-state index contributed by atoms with van der Waals surface area (Å²) in [6.07, 6.45) is 0.554. The number of fused-ring (bicyclic) bond motifs is 1. The standard InChI is InChI=1S/C27H28N2O3/c1-27(2)26(31)29(23-17-10-9-16-22(23)28-27)18-11-19-32-25(30)24(20-12-5-3-6-13-20)21-14-7-4-8-15-21/h3-10,12-17,24,28H,11,18-19H2,1-2H3. The van der Waals surface area contributed by atoms with E-state index in [1.165, 1.54) is 0 Å². The fourth-order valence-corrected chi connectivity index (χ4v) is 4.11. The van der Waals surface area contributed by atoms with Crippen LogP contribution in [0.5, 0.6) is 0 Å². The van der Waals surface area contributed by atoms with Crippen LogP contribution in [-0.4, -0.2) is 30.6 Å². The number of carbonyl (C=O) groups is 2.